The molecule has 0 aliphatic heterocycles. The van der Waals surface area contributed by atoms with Gasteiger partial charge in [-0.15, -0.1) is 12.6 Å². The number of carbonyl (C=O) groups is 1. The van der Waals surface area contributed by atoms with Crippen molar-refractivity contribution >= 4 is 28.5 Å². The van der Waals surface area contributed by atoms with E-state index in [4.69, 9.17) is 4.55 Å². The highest BCUT2D eigenvalue weighted by Crippen LogP contribution is 2.64. The second kappa shape index (κ2) is 5.98. The molecule has 2 aliphatic carbocycles. The number of fused-ring (bicyclic) bond motifs is 2. The Bertz CT molecular complexity index is 652. The average Bonchev–Trinajstić information content (AvgIpc) is 2.72. The molecule has 2 bridgehead atoms. The van der Waals surface area contributed by atoms with E-state index in [9.17, 15) is 13.2 Å². The third-order valence-corrected chi connectivity index (χ3v) is 6.48. The fourth-order valence-corrected chi connectivity index (χ4v) is 5.32. The van der Waals surface area contributed by atoms with Crippen LogP contribution in [0.4, 0.5) is 0 Å². The van der Waals surface area contributed by atoms with Crippen LogP contribution in [0.2, 0.25) is 0 Å². The second-order valence-corrected chi connectivity index (χ2v) is 8.70. The van der Waals surface area contributed by atoms with Crippen molar-refractivity contribution in [2.24, 2.45) is 16.7 Å². The summed E-state index contributed by atoms with van der Waals surface area (Å²) in [7, 11) is -4.08. The van der Waals surface area contributed by atoms with Gasteiger partial charge in [-0.2, -0.15) is 8.42 Å². The molecule has 0 radical (unpaired) electrons. The van der Waals surface area contributed by atoms with Crippen LogP contribution in [0, 0.1) is 16.7 Å². The first-order valence-electron chi connectivity index (χ1n) is 7.31. The van der Waals surface area contributed by atoms with E-state index < -0.39 is 21.3 Å². The van der Waals surface area contributed by atoms with E-state index in [-0.39, 0.29) is 17.1 Å². The third kappa shape index (κ3) is 3.24. The molecule has 3 rings (SSSR count). The lowest BCUT2D eigenvalue weighted by Gasteiger charge is -2.35. The molecular weight excluding hydrogens is 320 g/mol. The van der Waals surface area contributed by atoms with Gasteiger partial charge in [-0.3, -0.25) is 9.35 Å². The fraction of sp³-hybridized carbons (Fsp3) is 0.562. The van der Waals surface area contributed by atoms with Crippen LogP contribution in [-0.2, 0) is 14.9 Å². The van der Waals surface area contributed by atoms with Crippen molar-refractivity contribution in [1.29, 1.82) is 0 Å². The minimum absolute atomic E-state index is 0.0152. The number of carbonyl (C=O) groups excluding carboxylic acids is 1. The quantitative estimate of drug-likeness (QED) is 0.639. The summed E-state index contributed by atoms with van der Waals surface area (Å²) in [5.74, 6) is -0.101. The zero-order valence-corrected chi connectivity index (χ0v) is 14.5. The molecule has 0 spiro atoms. The Kier molecular flexibility index (Phi) is 4.76. The molecule has 2 saturated carbocycles. The van der Waals surface area contributed by atoms with Crippen LogP contribution in [0.1, 0.15) is 33.1 Å². The molecule has 0 aromatic heterocycles. The van der Waals surface area contributed by atoms with Crippen molar-refractivity contribution < 1.29 is 17.8 Å². The van der Waals surface area contributed by atoms with E-state index in [0.717, 1.165) is 11.3 Å². The molecule has 2 fully saturated rings. The van der Waals surface area contributed by atoms with E-state index in [2.05, 4.69) is 12.6 Å². The average molecular weight is 342 g/mol. The summed E-state index contributed by atoms with van der Waals surface area (Å²) in [6, 6.07) is 9.79. The molecule has 1 N–H and O–H groups in total. The monoisotopic (exact) mass is 342 g/mol. The maximum atomic E-state index is 11.9. The van der Waals surface area contributed by atoms with Crippen LogP contribution >= 0.6 is 12.6 Å². The van der Waals surface area contributed by atoms with Crippen molar-refractivity contribution in [2.45, 2.75) is 38.0 Å². The predicted octanol–water partition coefficient (Wildman–Crippen LogP) is 3.24. The van der Waals surface area contributed by atoms with E-state index in [1.807, 2.05) is 44.2 Å². The van der Waals surface area contributed by atoms with Crippen molar-refractivity contribution in [1.82, 2.24) is 0 Å². The van der Waals surface area contributed by atoms with Crippen molar-refractivity contribution in [2.75, 3.05) is 5.75 Å². The minimum Gasteiger partial charge on any atom is -0.299 e. The number of thiol groups is 1. The van der Waals surface area contributed by atoms with Gasteiger partial charge in [0.1, 0.15) is 5.78 Å². The van der Waals surface area contributed by atoms with Gasteiger partial charge >= 0.3 is 0 Å². The van der Waals surface area contributed by atoms with Crippen LogP contribution in [0.5, 0.6) is 0 Å². The normalized spacial score (nSPS) is 29.1. The summed E-state index contributed by atoms with van der Waals surface area (Å²) >= 11 is 4.08. The summed E-state index contributed by atoms with van der Waals surface area (Å²) in [5.41, 5.74) is -1.12. The maximum absolute atomic E-state index is 11.9. The Hall–Kier alpha value is -0.850. The SMILES string of the molecule is CC1(C)C2CCC1(CS(=O)(=O)O)C(=O)C2.Sc1ccccc1. The smallest absolute Gasteiger partial charge is 0.265 e. The van der Waals surface area contributed by atoms with Crippen molar-refractivity contribution in [3.63, 3.8) is 0 Å². The van der Waals surface area contributed by atoms with Gasteiger partial charge in [-0.25, -0.2) is 0 Å². The molecule has 2 unspecified atom stereocenters. The van der Waals surface area contributed by atoms with E-state index >= 15 is 0 Å². The van der Waals surface area contributed by atoms with E-state index in [1.165, 1.54) is 0 Å². The highest BCUT2D eigenvalue weighted by atomic mass is 32.2. The number of ketones is 1. The predicted molar refractivity (Wildman–Crippen MR) is 88.7 cm³/mol. The number of hydrogen-bond acceptors (Lipinski definition) is 4. The molecule has 1 aromatic carbocycles. The summed E-state index contributed by atoms with van der Waals surface area (Å²) in [6.07, 6.45) is 1.97. The Morgan fingerprint density at radius 3 is 2.18 bits per heavy atom. The van der Waals surface area contributed by atoms with E-state index in [0.29, 0.717) is 12.8 Å². The van der Waals surface area contributed by atoms with Gasteiger partial charge < -0.3 is 0 Å². The molecule has 0 saturated heterocycles. The standard InChI is InChI=1S/C10H16O4S.C6H6S/c1-9(2)7-3-4-10(9,8(11)5-7)6-15(12,13)14;7-6-4-2-1-3-5-6/h7H,3-6H2,1-2H3,(H,12,13,14);1-5,7H. The lowest BCUT2D eigenvalue weighted by atomic mass is 9.70. The highest BCUT2D eigenvalue weighted by molar-refractivity contribution is 7.85. The van der Waals surface area contributed by atoms with Gasteiger partial charge in [-0.05, 0) is 36.3 Å². The fourth-order valence-electron chi connectivity index (χ4n) is 3.85. The van der Waals surface area contributed by atoms with Crippen LogP contribution in [0.3, 0.4) is 0 Å². The number of rotatable bonds is 2. The first kappa shape index (κ1) is 17.5. The summed E-state index contributed by atoms with van der Waals surface area (Å²) < 4.78 is 31.0. The molecule has 122 valence electrons. The van der Waals surface area contributed by atoms with Crippen molar-refractivity contribution in [3.05, 3.63) is 30.3 Å². The first-order valence-corrected chi connectivity index (χ1v) is 9.37. The zero-order valence-electron chi connectivity index (χ0n) is 12.8. The Labute approximate surface area is 137 Å². The van der Waals surface area contributed by atoms with Gasteiger partial charge in [0.25, 0.3) is 10.1 Å². The summed E-state index contributed by atoms with van der Waals surface area (Å²) in [5, 5.41) is 0. The molecule has 2 atom stereocenters. The second-order valence-electron chi connectivity index (χ2n) is 6.73. The number of benzene rings is 1. The largest absolute Gasteiger partial charge is 0.299 e. The zero-order chi connectivity index (χ0) is 16.6. The lowest BCUT2D eigenvalue weighted by molar-refractivity contribution is -0.128. The third-order valence-electron chi connectivity index (χ3n) is 5.32. The van der Waals surface area contributed by atoms with Gasteiger partial charge in [0.15, 0.2) is 0 Å². The van der Waals surface area contributed by atoms with Crippen LogP contribution in [0.15, 0.2) is 35.2 Å². The summed E-state index contributed by atoms with van der Waals surface area (Å²) in [4.78, 5) is 12.9. The lowest BCUT2D eigenvalue weighted by Crippen LogP contribution is -2.42. The minimum atomic E-state index is -4.08. The Balaban J connectivity index is 0.000000211. The number of hydrogen-bond donors (Lipinski definition) is 2. The molecular formula is C16H22O4S2. The van der Waals surface area contributed by atoms with Gasteiger partial charge in [-0.1, -0.05) is 32.0 Å². The first-order chi connectivity index (χ1) is 10.1. The molecule has 22 heavy (non-hydrogen) atoms. The van der Waals surface area contributed by atoms with E-state index in [1.54, 1.807) is 0 Å². The molecule has 2 aliphatic rings. The van der Waals surface area contributed by atoms with Gasteiger partial charge in [0, 0.05) is 11.3 Å². The Morgan fingerprint density at radius 1 is 1.27 bits per heavy atom. The highest BCUT2D eigenvalue weighted by Gasteiger charge is 2.65. The Morgan fingerprint density at radius 2 is 1.86 bits per heavy atom. The number of Topliss-reactive ketones (excluding diaryl/α,β-unsaturated/α-hetero) is 1. The molecule has 6 heteroatoms. The van der Waals surface area contributed by atoms with Crippen LogP contribution < -0.4 is 0 Å². The van der Waals surface area contributed by atoms with Gasteiger partial charge in [0.05, 0.1) is 11.2 Å². The maximum Gasteiger partial charge on any atom is 0.265 e. The molecule has 1 aromatic rings. The van der Waals surface area contributed by atoms with Crippen LogP contribution in [0.25, 0.3) is 0 Å². The van der Waals surface area contributed by atoms with Gasteiger partial charge in [0.2, 0.25) is 0 Å². The van der Waals surface area contributed by atoms with Crippen molar-refractivity contribution in [3.8, 4) is 0 Å². The van der Waals surface area contributed by atoms with Crippen LogP contribution in [-0.4, -0.2) is 24.5 Å². The molecule has 4 nitrogen and oxygen atoms in total. The topological polar surface area (TPSA) is 71.4 Å². The summed E-state index contributed by atoms with van der Waals surface area (Å²) in [6.45, 7) is 3.89. The molecule has 0 amide bonds. The molecule has 0 heterocycles.